The Hall–Kier alpha value is -2.44. The molecule has 0 bridgehead atoms. The van der Waals surface area contributed by atoms with Crippen LogP contribution < -0.4 is 4.90 Å². The maximum absolute atomic E-state index is 5.54. The van der Waals surface area contributed by atoms with Gasteiger partial charge in [0.1, 0.15) is 5.82 Å². The van der Waals surface area contributed by atoms with Gasteiger partial charge in [0.15, 0.2) is 0 Å². The smallest absolute Gasteiger partial charge is 0.133 e. The Balaban J connectivity index is 1.59. The highest BCUT2D eigenvalue weighted by atomic mass is 16.5. The van der Waals surface area contributed by atoms with E-state index in [0.29, 0.717) is 0 Å². The van der Waals surface area contributed by atoms with Crippen LogP contribution in [0.25, 0.3) is 10.9 Å². The number of rotatable bonds is 7. The quantitative estimate of drug-likeness (QED) is 0.644. The van der Waals surface area contributed by atoms with E-state index in [9.17, 15) is 0 Å². The fourth-order valence-electron chi connectivity index (χ4n) is 3.58. The summed E-state index contributed by atoms with van der Waals surface area (Å²) in [5, 5.41) is 5.52. The number of ether oxygens (including phenoxy) is 1. The molecule has 0 amide bonds. The molecule has 142 valence electrons. The van der Waals surface area contributed by atoms with Gasteiger partial charge in [-0.05, 0) is 24.7 Å². The highest BCUT2D eigenvalue weighted by Gasteiger charge is 2.18. The number of nitrogens with zero attached hydrogens (tertiary/aromatic N) is 5. The van der Waals surface area contributed by atoms with Gasteiger partial charge in [0.2, 0.25) is 0 Å². The molecule has 1 aliphatic rings. The lowest BCUT2D eigenvalue weighted by molar-refractivity contribution is 0.122. The molecule has 1 aromatic carbocycles. The van der Waals surface area contributed by atoms with Gasteiger partial charge in [-0.1, -0.05) is 25.1 Å². The third-order valence-corrected chi connectivity index (χ3v) is 5.14. The molecule has 1 fully saturated rings. The molecule has 0 N–H and O–H groups in total. The second-order valence-corrected chi connectivity index (χ2v) is 6.90. The fourth-order valence-corrected chi connectivity index (χ4v) is 3.58. The molecule has 0 saturated carbocycles. The zero-order chi connectivity index (χ0) is 18.5. The molecule has 0 aliphatic carbocycles. The van der Waals surface area contributed by atoms with Crippen LogP contribution in [0.3, 0.4) is 0 Å². The van der Waals surface area contributed by atoms with Crippen molar-refractivity contribution >= 4 is 16.7 Å². The molecule has 27 heavy (non-hydrogen) atoms. The lowest BCUT2D eigenvalue weighted by Crippen LogP contribution is -2.38. The van der Waals surface area contributed by atoms with Gasteiger partial charge in [0, 0.05) is 49.5 Å². The predicted octanol–water partition coefficient (Wildman–Crippen LogP) is 2.79. The van der Waals surface area contributed by atoms with Crippen LogP contribution in [0.4, 0.5) is 5.82 Å². The average Bonchev–Trinajstić information content (AvgIpc) is 3.25. The number of pyridine rings is 1. The first-order valence-corrected chi connectivity index (χ1v) is 9.74. The zero-order valence-electron chi connectivity index (χ0n) is 15.9. The number of para-hydroxylation sites is 1. The van der Waals surface area contributed by atoms with Crippen molar-refractivity contribution in [3.05, 3.63) is 54.4 Å². The fraction of sp³-hybridized carbons (Fsp3) is 0.429. The van der Waals surface area contributed by atoms with E-state index in [1.165, 1.54) is 10.9 Å². The Morgan fingerprint density at radius 3 is 2.78 bits per heavy atom. The molecule has 6 nitrogen and oxygen atoms in total. The lowest BCUT2D eigenvalue weighted by atomic mass is 10.1. The monoisotopic (exact) mass is 365 g/mol. The topological polar surface area (TPSA) is 46.4 Å². The van der Waals surface area contributed by atoms with E-state index in [1.807, 2.05) is 23.1 Å². The molecule has 0 radical (unpaired) electrons. The molecule has 6 heteroatoms. The van der Waals surface area contributed by atoms with Crippen molar-refractivity contribution in [3.8, 4) is 0 Å². The minimum Gasteiger partial charge on any atom is -0.378 e. The third-order valence-electron chi connectivity index (χ3n) is 5.14. The van der Waals surface area contributed by atoms with Crippen molar-refractivity contribution in [2.45, 2.75) is 20.0 Å². The van der Waals surface area contributed by atoms with Gasteiger partial charge in [-0.3, -0.25) is 9.58 Å². The Labute approximate surface area is 160 Å². The summed E-state index contributed by atoms with van der Waals surface area (Å²) in [4.78, 5) is 9.85. The van der Waals surface area contributed by atoms with Gasteiger partial charge in [0.25, 0.3) is 0 Å². The van der Waals surface area contributed by atoms with Gasteiger partial charge in [-0.2, -0.15) is 5.10 Å². The second kappa shape index (κ2) is 8.50. The van der Waals surface area contributed by atoms with E-state index in [-0.39, 0.29) is 0 Å². The minimum absolute atomic E-state index is 0.769. The molecule has 3 heterocycles. The van der Waals surface area contributed by atoms with Crippen molar-refractivity contribution in [1.82, 2.24) is 19.7 Å². The first-order chi connectivity index (χ1) is 13.3. The number of benzene rings is 1. The Bertz CT molecular complexity index is 858. The Morgan fingerprint density at radius 2 is 2.00 bits per heavy atom. The summed E-state index contributed by atoms with van der Waals surface area (Å²) >= 11 is 0. The van der Waals surface area contributed by atoms with Gasteiger partial charge in [0.05, 0.1) is 25.3 Å². The van der Waals surface area contributed by atoms with E-state index < -0.39 is 0 Å². The van der Waals surface area contributed by atoms with Crippen LogP contribution in [0, 0.1) is 0 Å². The van der Waals surface area contributed by atoms with Crippen LogP contribution >= 0.6 is 0 Å². The summed E-state index contributed by atoms with van der Waals surface area (Å²) in [6.07, 6.45) is 3.85. The van der Waals surface area contributed by atoms with E-state index in [1.54, 1.807) is 0 Å². The van der Waals surface area contributed by atoms with Crippen molar-refractivity contribution in [3.63, 3.8) is 0 Å². The second-order valence-electron chi connectivity index (χ2n) is 6.90. The molecule has 1 saturated heterocycles. The first-order valence-electron chi connectivity index (χ1n) is 9.74. The number of hydrogen-bond donors (Lipinski definition) is 0. The molecule has 3 aromatic rings. The molecular weight excluding hydrogens is 338 g/mol. The van der Waals surface area contributed by atoms with Crippen LogP contribution in [0.5, 0.6) is 0 Å². The number of morpholine rings is 1. The predicted molar refractivity (Wildman–Crippen MR) is 108 cm³/mol. The van der Waals surface area contributed by atoms with Crippen molar-refractivity contribution < 1.29 is 4.74 Å². The largest absolute Gasteiger partial charge is 0.378 e. The van der Waals surface area contributed by atoms with Gasteiger partial charge < -0.3 is 9.64 Å². The standard InChI is InChI=1S/C21H27N5O/c1-2-24(10-11-26-9-5-8-22-26)17-19-16-18-6-3-4-7-20(18)23-21(19)25-12-14-27-15-13-25/h3-9,16H,2,10-15,17H2,1H3. The first kappa shape index (κ1) is 17.9. The molecule has 0 atom stereocenters. The summed E-state index contributed by atoms with van der Waals surface area (Å²) in [5.74, 6) is 1.11. The van der Waals surface area contributed by atoms with Gasteiger partial charge in [-0.15, -0.1) is 0 Å². The summed E-state index contributed by atoms with van der Waals surface area (Å²) in [6, 6.07) is 12.7. The van der Waals surface area contributed by atoms with Crippen molar-refractivity contribution in [2.75, 3.05) is 44.3 Å². The summed E-state index contributed by atoms with van der Waals surface area (Å²) in [7, 11) is 0. The highest BCUT2D eigenvalue weighted by Crippen LogP contribution is 2.25. The Morgan fingerprint density at radius 1 is 1.15 bits per heavy atom. The molecule has 2 aromatic heterocycles. The van der Waals surface area contributed by atoms with Crippen LogP contribution in [-0.4, -0.2) is 59.1 Å². The maximum Gasteiger partial charge on any atom is 0.133 e. The summed E-state index contributed by atoms with van der Waals surface area (Å²) in [5.41, 5.74) is 2.35. The number of fused-ring (bicyclic) bond motifs is 1. The number of likely N-dealkylation sites (N-methyl/N-ethyl adjacent to an activating group) is 1. The van der Waals surface area contributed by atoms with E-state index >= 15 is 0 Å². The summed E-state index contributed by atoms with van der Waals surface area (Å²) < 4.78 is 7.53. The van der Waals surface area contributed by atoms with Crippen LogP contribution in [-0.2, 0) is 17.8 Å². The number of aromatic nitrogens is 3. The minimum atomic E-state index is 0.769. The van der Waals surface area contributed by atoms with E-state index in [0.717, 1.165) is 63.8 Å². The molecule has 0 spiro atoms. The number of hydrogen-bond acceptors (Lipinski definition) is 5. The normalized spacial score (nSPS) is 15.0. The molecule has 1 aliphatic heterocycles. The molecule has 4 rings (SSSR count). The molecule has 0 unspecified atom stereocenters. The lowest BCUT2D eigenvalue weighted by Gasteiger charge is -2.31. The maximum atomic E-state index is 5.54. The third kappa shape index (κ3) is 4.28. The average molecular weight is 365 g/mol. The SMILES string of the molecule is CCN(CCn1cccn1)Cc1cc2ccccc2nc1N1CCOCC1. The zero-order valence-corrected chi connectivity index (χ0v) is 15.9. The van der Waals surface area contributed by atoms with Crippen molar-refractivity contribution in [1.29, 1.82) is 0 Å². The van der Waals surface area contributed by atoms with Crippen LogP contribution in [0.1, 0.15) is 12.5 Å². The van der Waals surface area contributed by atoms with E-state index in [2.05, 4.69) is 52.2 Å². The molecular formula is C21H27N5O. The van der Waals surface area contributed by atoms with Gasteiger partial charge in [-0.25, -0.2) is 4.98 Å². The van der Waals surface area contributed by atoms with Crippen LogP contribution in [0.15, 0.2) is 48.8 Å². The van der Waals surface area contributed by atoms with E-state index in [4.69, 9.17) is 9.72 Å². The van der Waals surface area contributed by atoms with Gasteiger partial charge >= 0.3 is 0 Å². The summed E-state index contributed by atoms with van der Waals surface area (Å²) in [6.45, 7) is 9.30. The highest BCUT2D eigenvalue weighted by molar-refractivity contribution is 5.81. The van der Waals surface area contributed by atoms with Crippen molar-refractivity contribution in [2.24, 2.45) is 0 Å². The Kier molecular flexibility index (Phi) is 5.65. The number of anilines is 1. The van der Waals surface area contributed by atoms with Crippen LogP contribution in [0.2, 0.25) is 0 Å².